The SMILES string of the molecule is C=CC(=O)O.COP(=O)(O)OC. The van der Waals surface area contributed by atoms with Crippen LogP contribution in [0.2, 0.25) is 0 Å². The normalized spacial score (nSPS) is 9.58. The monoisotopic (exact) mass is 198 g/mol. The molecule has 12 heavy (non-hydrogen) atoms. The van der Waals surface area contributed by atoms with Crippen LogP contribution in [0.5, 0.6) is 0 Å². The molecular weight excluding hydrogens is 187 g/mol. The minimum absolute atomic E-state index is 0.833. The fourth-order valence-electron chi connectivity index (χ4n) is 0.0745. The van der Waals surface area contributed by atoms with Crippen LogP contribution >= 0.6 is 7.82 Å². The fourth-order valence-corrected chi connectivity index (χ4v) is 0.224. The average Bonchev–Trinajstić information content (AvgIpc) is 2.05. The summed E-state index contributed by atoms with van der Waals surface area (Å²) >= 11 is 0. The van der Waals surface area contributed by atoms with Crippen molar-refractivity contribution in [3.8, 4) is 0 Å². The van der Waals surface area contributed by atoms with Crippen molar-refractivity contribution in [1.82, 2.24) is 0 Å². The topological polar surface area (TPSA) is 93.1 Å². The van der Waals surface area contributed by atoms with E-state index in [9.17, 15) is 9.36 Å². The van der Waals surface area contributed by atoms with Crippen molar-refractivity contribution in [3.63, 3.8) is 0 Å². The van der Waals surface area contributed by atoms with Gasteiger partial charge in [0.1, 0.15) is 0 Å². The maximum atomic E-state index is 10.1. The first-order valence-electron chi connectivity index (χ1n) is 2.69. The summed E-state index contributed by atoms with van der Waals surface area (Å²) in [5.41, 5.74) is 0. The van der Waals surface area contributed by atoms with E-state index in [1.165, 1.54) is 0 Å². The number of aliphatic carboxylic acids is 1. The Balaban J connectivity index is 0. The first-order valence-corrected chi connectivity index (χ1v) is 4.18. The Morgan fingerprint density at radius 3 is 1.75 bits per heavy atom. The van der Waals surface area contributed by atoms with E-state index in [1.54, 1.807) is 0 Å². The molecule has 0 fully saturated rings. The highest BCUT2D eigenvalue weighted by atomic mass is 31.2. The summed E-state index contributed by atoms with van der Waals surface area (Å²) in [6, 6.07) is 0. The summed E-state index contributed by atoms with van der Waals surface area (Å²) in [6.07, 6.45) is 0.833. The zero-order valence-electron chi connectivity index (χ0n) is 6.76. The number of carboxylic acids is 1. The zero-order valence-corrected chi connectivity index (χ0v) is 7.65. The van der Waals surface area contributed by atoms with Crippen molar-refractivity contribution in [3.05, 3.63) is 12.7 Å². The second-order valence-corrected chi connectivity index (χ2v) is 3.04. The van der Waals surface area contributed by atoms with Gasteiger partial charge in [-0.05, 0) is 0 Å². The summed E-state index contributed by atoms with van der Waals surface area (Å²) < 4.78 is 18.0. The second kappa shape index (κ2) is 7.00. The third-order valence-electron chi connectivity index (χ3n) is 0.636. The lowest BCUT2D eigenvalue weighted by Gasteiger charge is -2.01. The smallest absolute Gasteiger partial charge is 0.471 e. The quantitative estimate of drug-likeness (QED) is 0.510. The molecule has 0 saturated carbocycles. The van der Waals surface area contributed by atoms with Crippen LogP contribution in [0.25, 0.3) is 0 Å². The van der Waals surface area contributed by atoms with Crippen LogP contribution in [-0.2, 0) is 18.4 Å². The van der Waals surface area contributed by atoms with Crippen LogP contribution in [0.3, 0.4) is 0 Å². The van der Waals surface area contributed by atoms with E-state index in [1.807, 2.05) is 0 Å². The summed E-state index contributed by atoms with van der Waals surface area (Å²) in [4.78, 5) is 17.5. The highest BCUT2D eigenvalue weighted by Gasteiger charge is 2.13. The molecule has 0 saturated heterocycles. The highest BCUT2D eigenvalue weighted by Crippen LogP contribution is 2.40. The molecule has 0 unspecified atom stereocenters. The van der Waals surface area contributed by atoms with Crippen LogP contribution in [-0.4, -0.2) is 30.2 Å². The predicted molar refractivity (Wildman–Crippen MR) is 41.7 cm³/mol. The molecule has 0 aliphatic carbocycles. The van der Waals surface area contributed by atoms with E-state index in [0.29, 0.717) is 0 Å². The van der Waals surface area contributed by atoms with Gasteiger partial charge in [-0.1, -0.05) is 6.58 Å². The third kappa shape index (κ3) is 12.0. The largest absolute Gasteiger partial charge is 0.478 e. The molecular formula is C5H11O6P. The van der Waals surface area contributed by atoms with E-state index in [-0.39, 0.29) is 0 Å². The van der Waals surface area contributed by atoms with Crippen molar-refractivity contribution in [2.45, 2.75) is 0 Å². The molecule has 2 N–H and O–H groups in total. The molecule has 7 heteroatoms. The minimum atomic E-state index is -3.65. The number of phosphoric ester groups is 1. The summed E-state index contributed by atoms with van der Waals surface area (Å²) in [5, 5.41) is 7.60. The van der Waals surface area contributed by atoms with Gasteiger partial charge in [-0.3, -0.25) is 9.05 Å². The van der Waals surface area contributed by atoms with Gasteiger partial charge in [-0.15, -0.1) is 0 Å². The number of carboxylic acid groups (broad SMARTS) is 1. The molecule has 0 spiro atoms. The molecule has 72 valence electrons. The Morgan fingerprint density at radius 1 is 1.50 bits per heavy atom. The molecule has 0 aromatic carbocycles. The average molecular weight is 198 g/mol. The number of phosphoric acid groups is 1. The van der Waals surface area contributed by atoms with Gasteiger partial charge in [-0.25, -0.2) is 9.36 Å². The van der Waals surface area contributed by atoms with Crippen LogP contribution < -0.4 is 0 Å². The molecule has 0 bridgehead atoms. The maximum Gasteiger partial charge on any atom is 0.471 e. The lowest BCUT2D eigenvalue weighted by molar-refractivity contribution is -0.131. The summed E-state index contributed by atoms with van der Waals surface area (Å²) in [6.45, 7) is 2.96. The van der Waals surface area contributed by atoms with Gasteiger partial charge < -0.3 is 10.00 Å². The van der Waals surface area contributed by atoms with Crippen LogP contribution in [0.15, 0.2) is 12.7 Å². The second-order valence-electron chi connectivity index (χ2n) is 1.38. The van der Waals surface area contributed by atoms with Gasteiger partial charge in [0.25, 0.3) is 0 Å². The van der Waals surface area contributed by atoms with E-state index in [2.05, 4.69) is 15.6 Å². The van der Waals surface area contributed by atoms with Gasteiger partial charge >= 0.3 is 13.8 Å². The Morgan fingerprint density at radius 2 is 1.75 bits per heavy atom. The van der Waals surface area contributed by atoms with E-state index >= 15 is 0 Å². The standard InChI is InChI=1S/C3H4O2.C2H7O4P/c1-2-3(4)5;1-5-7(3,4)6-2/h2H,1H2,(H,4,5);1-2H3,(H,3,4). The molecule has 6 nitrogen and oxygen atoms in total. The van der Waals surface area contributed by atoms with Crippen LogP contribution in [0.4, 0.5) is 0 Å². The molecule has 0 aromatic rings. The number of rotatable bonds is 3. The Labute approximate surface area is 70.0 Å². The Bertz CT molecular complexity index is 180. The van der Waals surface area contributed by atoms with Crippen LogP contribution in [0, 0.1) is 0 Å². The van der Waals surface area contributed by atoms with Crippen molar-refractivity contribution in [1.29, 1.82) is 0 Å². The molecule has 0 aliphatic rings. The highest BCUT2D eigenvalue weighted by molar-refractivity contribution is 7.47. The molecule has 0 aromatic heterocycles. The van der Waals surface area contributed by atoms with Crippen molar-refractivity contribution in [2.75, 3.05) is 14.2 Å². The van der Waals surface area contributed by atoms with Gasteiger partial charge in [0.15, 0.2) is 0 Å². The zero-order chi connectivity index (χ0) is 10.2. The van der Waals surface area contributed by atoms with Gasteiger partial charge in [0.2, 0.25) is 0 Å². The lowest BCUT2D eigenvalue weighted by Crippen LogP contribution is -1.83. The fraction of sp³-hybridized carbons (Fsp3) is 0.400. The third-order valence-corrected chi connectivity index (χ3v) is 1.56. The summed E-state index contributed by atoms with van der Waals surface area (Å²) in [7, 11) is -1.45. The Kier molecular flexibility index (Phi) is 8.09. The minimum Gasteiger partial charge on any atom is -0.478 e. The van der Waals surface area contributed by atoms with Gasteiger partial charge in [-0.2, -0.15) is 0 Å². The Hall–Kier alpha value is -0.680. The molecule has 0 aliphatic heterocycles. The first kappa shape index (κ1) is 13.9. The van der Waals surface area contributed by atoms with E-state index in [4.69, 9.17) is 10.00 Å². The number of carbonyl (C=O) groups is 1. The molecule has 0 rings (SSSR count). The van der Waals surface area contributed by atoms with E-state index in [0.717, 1.165) is 20.3 Å². The van der Waals surface area contributed by atoms with Crippen molar-refractivity contribution in [2.24, 2.45) is 0 Å². The van der Waals surface area contributed by atoms with Crippen molar-refractivity contribution >= 4 is 13.8 Å². The lowest BCUT2D eigenvalue weighted by atomic mass is 10.7. The molecule has 0 heterocycles. The maximum absolute atomic E-state index is 10.1. The molecule has 0 radical (unpaired) electrons. The molecule has 0 atom stereocenters. The number of hydrogen-bond donors (Lipinski definition) is 2. The van der Waals surface area contributed by atoms with Crippen molar-refractivity contribution < 1.29 is 28.4 Å². The van der Waals surface area contributed by atoms with Crippen LogP contribution in [0.1, 0.15) is 0 Å². The molecule has 0 amide bonds. The van der Waals surface area contributed by atoms with Gasteiger partial charge in [0.05, 0.1) is 0 Å². The first-order chi connectivity index (χ1) is 5.39. The number of hydrogen-bond acceptors (Lipinski definition) is 4. The van der Waals surface area contributed by atoms with E-state index < -0.39 is 13.8 Å². The summed E-state index contributed by atoms with van der Waals surface area (Å²) in [5.74, 6) is -0.981. The van der Waals surface area contributed by atoms with Gasteiger partial charge in [0, 0.05) is 20.3 Å². The predicted octanol–water partition coefficient (Wildman–Crippen LogP) is 0.637.